The fourth-order valence-electron chi connectivity index (χ4n) is 1.59. The van der Waals surface area contributed by atoms with Crippen LogP contribution in [0.15, 0.2) is 40.6 Å². The van der Waals surface area contributed by atoms with E-state index >= 15 is 0 Å². The number of nitrogens with one attached hydrogen (secondary N) is 1. The van der Waals surface area contributed by atoms with Crippen molar-refractivity contribution in [3.8, 4) is 0 Å². The van der Waals surface area contributed by atoms with Crippen LogP contribution in [0.25, 0.3) is 0 Å². The quantitative estimate of drug-likeness (QED) is 0.832. The molecule has 0 aliphatic rings. The van der Waals surface area contributed by atoms with Gasteiger partial charge in [-0.25, -0.2) is 13.5 Å². The molecule has 1 amide bonds. The molecule has 0 fully saturated rings. The molecule has 0 bridgehead atoms. The monoisotopic (exact) mass is 360 g/mol. The SMILES string of the molecule is CON(C)C(=O)c1ccc(NS(=O)(=O)c2ccc(Cl)s2)cc1. The van der Waals surface area contributed by atoms with Crippen LogP contribution in [-0.4, -0.2) is 33.5 Å². The van der Waals surface area contributed by atoms with E-state index in [1.165, 1.54) is 50.6 Å². The normalized spacial score (nSPS) is 11.2. The number of hydrogen-bond donors (Lipinski definition) is 1. The molecule has 0 radical (unpaired) electrons. The van der Waals surface area contributed by atoms with Crippen LogP contribution in [0.5, 0.6) is 0 Å². The smallest absolute Gasteiger partial charge is 0.277 e. The van der Waals surface area contributed by atoms with Crippen molar-refractivity contribution in [1.29, 1.82) is 0 Å². The first-order valence-corrected chi connectivity index (χ1v) is 8.71. The van der Waals surface area contributed by atoms with Crippen molar-refractivity contribution in [3.05, 3.63) is 46.3 Å². The van der Waals surface area contributed by atoms with E-state index in [0.717, 1.165) is 16.4 Å². The second kappa shape index (κ2) is 6.66. The zero-order valence-corrected chi connectivity index (χ0v) is 14.1. The number of rotatable bonds is 5. The third-order valence-corrected chi connectivity index (χ3v) is 5.86. The minimum atomic E-state index is -3.68. The van der Waals surface area contributed by atoms with E-state index in [1.54, 1.807) is 0 Å². The fraction of sp³-hybridized carbons (Fsp3) is 0.154. The second-order valence-corrected chi connectivity index (χ2v) is 7.85. The van der Waals surface area contributed by atoms with Crippen molar-refractivity contribution in [2.75, 3.05) is 18.9 Å². The summed E-state index contributed by atoms with van der Waals surface area (Å²) in [6.07, 6.45) is 0. The molecule has 1 aromatic carbocycles. The van der Waals surface area contributed by atoms with E-state index in [0.29, 0.717) is 15.6 Å². The lowest BCUT2D eigenvalue weighted by Gasteiger charge is -2.13. The van der Waals surface area contributed by atoms with Crippen molar-refractivity contribution in [3.63, 3.8) is 0 Å². The minimum absolute atomic E-state index is 0.122. The maximum atomic E-state index is 12.1. The molecule has 22 heavy (non-hydrogen) atoms. The lowest BCUT2D eigenvalue weighted by Crippen LogP contribution is -2.25. The van der Waals surface area contributed by atoms with Crippen LogP contribution in [0.4, 0.5) is 5.69 Å². The number of nitrogens with zero attached hydrogens (tertiary/aromatic N) is 1. The summed E-state index contributed by atoms with van der Waals surface area (Å²) in [5, 5.41) is 1.08. The van der Waals surface area contributed by atoms with E-state index in [1.807, 2.05) is 0 Å². The van der Waals surface area contributed by atoms with Crippen molar-refractivity contribution in [2.24, 2.45) is 0 Å². The van der Waals surface area contributed by atoms with Gasteiger partial charge in [-0.1, -0.05) is 11.6 Å². The first-order valence-electron chi connectivity index (χ1n) is 6.04. The highest BCUT2D eigenvalue weighted by atomic mass is 35.5. The summed E-state index contributed by atoms with van der Waals surface area (Å²) in [6, 6.07) is 8.98. The molecule has 0 spiro atoms. The topological polar surface area (TPSA) is 75.7 Å². The molecule has 2 aromatic rings. The molecular formula is C13H13ClN2O4S2. The summed E-state index contributed by atoms with van der Waals surface area (Å²) in [5.41, 5.74) is 0.729. The Balaban J connectivity index is 2.16. The van der Waals surface area contributed by atoms with E-state index in [2.05, 4.69) is 4.72 Å². The fourth-order valence-corrected chi connectivity index (χ4v) is 4.13. The van der Waals surface area contributed by atoms with Gasteiger partial charge in [0, 0.05) is 18.3 Å². The molecule has 0 atom stereocenters. The first kappa shape index (κ1) is 16.8. The molecule has 0 saturated heterocycles. The van der Waals surface area contributed by atoms with Crippen LogP contribution < -0.4 is 4.72 Å². The van der Waals surface area contributed by atoms with Crippen LogP contribution in [0.2, 0.25) is 4.34 Å². The average molecular weight is 361 g/mol. The third-order valence-electron chi connectivity index (χ3n) is 2.76. The number of hydroxylamine groups is 2. The van der Waals surface area contributed by atoms with E-state index in [4.69, 9.17) is 16.4 Å². The van der Waals surface area contributed by atoms with Crippen molar-refractivity contribution in [1.82, 2.24) is 5.06 Å². The van der Waals surface area contributed by atoms with Gasteiger partial charge in [-0.15, -0.1) is 11.3 Å². The van der Waals surface area contributed by atoms with Crippen molar-refractivity contribution in [2.45, 2.75) is 4.21 Å². The van der Waals surface area contributed by atoms with Crippen LogP contribution in [0, 0.1) is 0 Å². The summed E-state index contributed by atoms with van der Waals surface area (Å²) in [4.78, 5) is 16.6. The molecule has 0 aliphatic carbocycles. The lowest BCUT2D eigenvalue weighted by atomic mass is 10.2. The number of carbonyl (C=O) groups excluding carboxylic acids is 1. The standard InChI is InChI=1S/C13H13ClN2O4S2/c1-16(20-2)13(17)9-3-5-10(6-4-9)15-22(18,19)12-8-7-11(14)21-12/h3-8,15H,1-2H3. The number of halogens is 1. The summed E-state index contributed by atoms with van der Waals surface area (Å²) in [5.74, 6) is -0.332. The Hall–Kier alpha value is -1.61. The van der Waals surface area contributed by atoms with Gasteiger partial charge in [-0.05, 0) is 36.4 Å². The number of thiophene rings is 1. The van der Waals surface area contributed by atoms with Gasteiger partial charge in [0.1, 0.15) is 4.21 Å². The Bertz CT molecular complexity index is 772. The molecule has 118 valence electrons. The molecule has 0 saturated carbocycles. The molecule has 9 heteroatoms. The van der Waals surface area contributed by atoms with Crippen molar-refractivity contribution < 1.29 is 18.0 Å². The predicted molar refractivity (Wildman–Crippen MR) is 85.7 cm³/mol. The van der Waals surface area contributed by atoms with Gasteiger partial charge in [0.15, 0.2) is 0 Å². The lowest BCUT2D eigenvalue weighted by molar-refractivity contribution is -0.0756. The molecule has 1 heterocycles. The number of anilines is 1. The Kier molecular flexibility index (Phi) is 5.07. The Morgan fingerprint density at radius 3 is 2.36 bits per heavy atom. The number of sulfonamides is 1. The molecule has 0 unspecified atom stereocenters. The zero-order valence-electron chi connectivity index (χ0n) is 11.7. The number of benzene rings is 1. The molecule has 0 aliphatic heterocycles. The van der Waals surface area contributed by atoms with Gasteiger partial charge in [-0.3, -0.25) is 14.4 Å². The second-order valence-electron chi connectivity index (χ2n) is 4.23. The molecule has 6 nitrogen and oxygen atoms in total. The maximum Gasteiger partial charge on any atom is 0.277 e. The van der Waals surface area contributed by atoms with Gasteiger partial charge in [0.05, 0.1) is 11.4 Å². The van der Waals surface area contributed by atoms with Gasteiger partial charge in [-0.2, -0.15) is 0 Å². The Morgan fingerprint density at radius 2 is 1.86 bits per heavy atom. The Labute approximate surface area is 137 Å². The minimum Gasteiger partial charge on any atom is -0.279 e. The molecule has 1 aromatic heterocycles. The van der Waals surface area contributed by atoms with E-state index < -0.39 is 10.0 Å². The predicted octanol–water partition coefficient (Wildman–Crippen LogP) is 2.84. The van der Waals surface area contributed by atoms with Gasteiger partial charge >= 0.3 is 0 Å². The largest absolute Gasteiger partial charge is 0.279 e. The van der Waals surface area contributed by atoms with Crippen LogP contribution in [-0.2, 0) is 14.9 Å². The maximum absolute atomic E-state index is 12.1. The van der Waals surface area contributed by atoms with Crippen LogP contribution in [0.1, 0.15) is 10.4 Å². The number of carbonyl (C=O) groups is 1. The van der Waals surface area contributed by atoms with Gasteiger partial charge in [0.25, 0.3) is 15.9 Å². The van der Waals surface area contributed by atoms with Gasteiger partial charge in [0.2, 0.25) is 0 Å². The summed E-state index contributed by atoms with van der Waals surface area (Å²) >= 11 is 6.71. The van der Waals surface area contributed by atoms with E-state index in [9.17, 15) is 13.2 Å². The zero-order chi connectivity index (χ0) is 16.3. The van der Waals surface area contributed by atoms with Gasteiger partial charge < -0.3 is 0 Å². The third kappa shape index (κ3) is 3.77. The molecule has 1 N–H and O–H groups in total. The summed E-state index contributed by atoms with van der Waals surface area (Å²) < 4.78 is 27.2. The highest BCUT2D eigenvalue weighted by Crippen LogP contribution is 2.27. The molecular weight excluding hydrogens is 348 g/mol. The first-order chi connectivity index (χ1) is 10.3. The summed E-state index contributed by atoms with van der Waals surface area (Å²) in [6.45, 7) is 0. The van der Waals surface area contributed by atoms with Crippen LogP contribution >= 0.6 is 22.9 Å². The van der Waals surface area contributed by atoms with Crippen molar-refractivity contribution >= 4 is 44.6 Å². The van der Waals surface area contributed by atoms with Crippen LogP contribution in [0.3, 0.4) is 0 Å². The number of hydrogen-bond acceptors (Lipinski definition) is 5. The number of amides is 1. The highest BCUT2D eigenvalue weighted by molar-refractivity contribution is 7.94. The van der Waals surface area contributed by atoms with E-state index in [-0.39, 0.29) is 10.1 Å². The summed E-state index contributed by atoms with van der Waals surface area (Å²) in [7, 11) is -0.815. The Morgan fingerprint density at radius 1 is 1.23 bits per heavy atom. The highest BCUT2D eigenvalue weighted by Gasteiger charge is 2.17. The molecule has 2 rings (SSSR count). The average Bonchev–Trinajstić information content (AvgIpc) is 2.93.